The van der Waals surface area contributed by atoms with Crippen LogP contribution in [0.25, 0.3) is 0 Å². The summed E-state index contributed by atoms with van der Waals surface area (Å²) < 4.78 is 6.68. The van der Waals surface area contributed by atoms with E-state index in [-0.39, 0.29) is 18.3 Å². The van der Waals surface area contributed by atoms with E-state index in [4.69, 9.17) is 10.3 Å². The Balaban J connectivity index is 2.13. The van der Waals surface area contributed by atoms with Gasteiger partial charge in [-0.3, -0.25) is 4.52 Å². The van der Waals surface area contributed by atoms with Crippen molar-refractivity contribution in [3.63, 3.8) is 0 Å². The Morgan fingerprint density at radius 1 is 1.42 bits per heavy atom. The lowest BCUT2D eigenvalue weighted by Gasteiger charge is -1.98. The zero-order valence-electron chi connectivity index (χ0n) is 10.7. The Morgan fingerprint density at radius 3 is 2.79 bits per heavy atom. The lowest BCUT2D eigenvalue weighted by Crippen LogP contribution is -2.41. The summed E-state index contributed by atoms with van der Waals surface area (Å²) in [6.45, 7) is 2.22. The molecule has 0 saturated heterocycles. The SMILES string of the molecule is C/C([O-])=N/c1on[n+](CCc2ccccc2)c1CN. The molecule has 100 valence electrons. The van der Waals surface area contributed by atoms with Gasteiger partial charge in [0, 0.05) is 6.42 Å². The second-order valence-corrected chi connectivity index (χ2v) is 4.12. The first kappa shape index (κ1) is 13.2. The molecule has 0 saturated carbocycles. The molecule has 1 heterocycles. The molecule has 0 spiro atoms. The molecule has 6 heteroatoms. The first-order valence-corrected chi connectivity index (χ1v) is 6.05. The van der Waals surface area contributed by atoms with Gasteiger partial charge in [0.1, 0.15) is 0 Å². The Bertz CT molecular complexity index is 559. The molecule has 0 aliphatic rings. The Morgan fingerprint density at radius 2 is 2.16 bits per heavy atom. The summed E-state index contributed by atoms with van der Waals surface area (Å²) >= 11 is 0. The third kappa shape index (κ3) is 3.38. The lowest BCUT2D eigenvalue weighted by molar-refractivity contribution is -0.767. The molecule has 0 amide bonds. The fraction of sp³-hybridized carbons (Fsp3) is 0.308. The van der Waals surface area contributed by atoms with Crippen molar-refractivity contribution < 1.29 is 14.3 Å². The van der Waals surface area contributed by atoms with Gasteiger partial charge in [-0.1, -0.05) is 30.3 Å². The van der Waals surface area contributed by atoms with Crippen LogP contribution >= 0.6 is 0 Å². The average Bonchev–Trinajstić information content (AvgIpc) is 2.78. The van der Waals surface area contributed by atoms with E-state index in [1.165, 1.54) is 12.5 Å². The van der Waals surface area contributed by atoms with Crippen molar-refractivity contribution in [1.82, 2.24) is 5.27 Å². The Labute approximate surface area is 111 Å². The van der Waals surface area contributed by atoms with Crippen LogP contribution in [0, 0.1) is 0 Å². The zero-order chi connectivity index (χ0) is 13.7. The highest BCUT2D eigenvalue weighted by molar-refractivity contribution is 5.71. The number of aryl methyl sites for hydroxylation is 2. The molecule has 2 rings (SSSR count). The summed E-state index contributed by atoms with van der Waals surface area (Å²) in [5.74, 6) is -0.135. The van der Waals surface area contributed by atoms with Crippen LogP contribution in [-0.4, -0.2) is 11.2 Å². The van der Waals surface area contributed by atoms with Gasteiger partial charge in [0.15, 0.2) is 6.54 Å². The predicted molar refractivity (Wildman–Crippen MR) is 67.5 cm³/mol. The monoisotopic (exact) mass is 260 g/mol. The zero-order valence-corrected chi connectivity index (χ0v) is 10.7. The highest BCUT2D eigenvalue weighted by atomic mass is 16.5. The van der Waals surface area contributed by atoms with Crippen LogP contribution < -0.4 is 15.5 Å². The third-order valence-corrected chi connectivity index (χ3v) is 2.69. The maximum absolute atomic E-state index is 11.0. The molecule has 0 aliphatic carbocycles. The molecule has 0 unspecified atom stereocenters. The molecule has 2 N–H and O–H groups in total. The number of aromatic nitrogens is 2. The molecule has 1 aromatic carbocycles. The van der Waals surface area contributed by atoms with E-state index >= 15 is 0 Å². The summed E-state index contributed by atoms with van der Waals surface area (Å²) in [6.07, 6.45) is 0.810. The van der Waals surface area contributed by atoms with Gasteiger partial charge in [0.2, 0.25) is 5.27 Å². The van der Waals surface area contributed by atoms with Crippen molar-refractivity contribution >= 4 is 11.8 Å². The second-order valence-electron chi connectivity index (χ2n) is 4.12. The highest BCUT2D eigenvalue weighted by Crippen LogP contribution is 2.13. The van der Waals surface area contributed by atoms with Crippen LogP contribution in [0.2, 0.25) is 0 Å². The summed E-state index contributed by atoms with van der Waals surface area (Å²) in [7, 11) is 0. The number of hydrogen-bond donors (Lipinski definition) is 1. The number of nitrogens with two attached hydrogens (primary N) is 1. The van der Waals surface area contributed by atoms with Crippen LogP contribution in [0.1, 0.15) is 18.2 Å². The molecular weight excluding hydrogens is 244 g/mol. The molecule has 2 aromatic rings. The van der Waals surface area contributed by atoms with E-state index in [0.717, 1.165) is 6.42 Å². The normalized spacial score (nSPS) is 11.8. The summed E-state index contributed by atoms with van der Waals surface area (Å²) in [5.41, 5.74) is 7.48. The van der Waals surface area contributed by atoms with E-state index in [1.807, 2.05) is 30.3 Å². The van der Waals surface area contributed by atoms with Crippen molar-refractivity contribution in [1.29, 1.82) is 0 Å². The van der Waals surface area contributed by atoms with Crippen LogP contribution in [0.4, 0.5) is 5.88 Å². The fourth-order valence-electron chi connectivity index (χ4n) is 1.78. The molecule has 0 aliphatic heterocycles. The van der Waals surface area contributed by atoms with E-state index in [0.29, 0.717) is 12.2 Å². The molecule has 0 fully saturated rings. The van der Waals surface area contributed by atoms with Gasteiger partial charge in [-0.05, 0) is 23.1 Å². The van der Waals surface area contributed by atoms with Gasteiger partial charge < -0.3 is 10.8 Å². The number of nitrogens with zero attached hydrogens (tertiary/aromatic N) is 3. The first-order valence-electron chi connectivity index (χ1n) is 6.05. The van der Waals surface area contributed by atoms with E-state index in [1.54, 1.807) is 4.68 Å². The van der Waals surface area contributed by atoms with Crippen molar-refractivity contribution in [2.75, 3.05) is 0 Å². The van der Waals surface area contributed by atoms with Crippen molar-refractivity contribution in [3.8, 4) is 0 Å². The molecule has 6 nitrogen and oxygen atoms in total. The van der Waals surface area contributed by atoms with E-state index < -0.39 is 0 Å². The number of hydrogen-bond acceptors (Lipinski definition) is 5. The quantitative estimate of drug-likeness (QED) is 0.468. The van der Waals surface area contributed by atoms with Gasteiger partial charge in [-0.15, -0.1) is 0 Å². The van der Waals surface area contributed by atoms with Crippen molar-refractivity contribution in [2.45, 2.75) is 26.4 Å². The molecular formula is C13H16N4O2. The predicted octanol–water partition coefficient (Wildman–Crippen LogP) is 0.0737. The van der Waals surface area contributed by atoms with Gasteiger partial charge >= 0.3 is 5.88 Å². The smallest absolute Gasteiger partial charge is 0.325 e. The summed E-state index contributed by atoms with van der Waals surface area (Å²) in [5, 5.41) is 14.8. The standard InChI is InChI=1S/C13H16N4O2/c1-10(18)15-13-12(9-14)17(16-19-13)8-7-11-5-3-2-4-6-11/h2-6H,7-9,14H2,1H3. The third-order valence-electron chi connectivity index (χ3n) is 2.69. The number of rotatable bonds is 5. The maximum Gasteiger partial charge on any atom is 0.325 e. The lowest BCUT2D eigenvalue weighted by atomic mass is 10.1. The Kier molecular flexibility index (Phi) is 4.25. The molecule has 0 radical (unpaired) electrons. The van der Waals surface area contributed by atoms with Gasteiger partial charge in [0.05, 0.1) is 6.54 Å². The van der Waals surface area contributed by atoms with E-state index in [2.05, 4.69) is 10.3 Å². The van der Waals surface area contributed by atoms with Gasteiger partial charge in [0.25, 0.3) is 5.69 Å². The molecule has 0 bridgehead atoms. The molecule has 0 atom stereocenters. The minimum atomic E-state index is -0.332. The van der Waals surface area contributed by atoms with Crippen molar-refractivity contribution in [3.05, 3.63) is 41.6 Å². The van der Waals surface area contributed by atoms with E-state index in [9.17, 15) is 5.11 Å². The minimum absolute atomic E-state index is 0.197. The van der Waals surface area contributed by atoms with Gasteiger partial charge in [-0.2, -0.15) is 0 Å². The first-order chi connectivity index (χ1) is 9.20. The molecule has 1 aromatic heterocycles. The summed E-state index contributed by atoms with van der Waals surface area (Å²) in [6, 6.07) is 10.0. The maximum atomic E-state index is 11.0. The molecule has 19 heavy (non-hydrogen) atoms. The average molecular weight is 260 g/mol. The second kappa shape index (κ2) is 6.10. The van der Waals surface area contributed by atoms with Crippen LogP contribution in [0.3, 0.4) is 0 Å². The summed E-state index contributed by atoms with van der Waals surface area (Å²) in [4.78, 5) is 3.74. The van der Waals surface area contributed by atoms with Crippen LogP contribution in [-0.2, 0) is 19.5 Å². The van der Waals surface area contributed by atoms with Crippen LogP contribution in [0.15, 0.2) is 39.8 Å². The number of aliphatic imine (C=N–C) groups is 1. The largest absolute Gasteiger partial charge is 0.862 e. The fourth-order valence-corrected chi connectivity index (χ4v) is 1.78. The van der Waals surface area contributed by atoms with Gasteiger partial charge in [-0.25, -0.2) is 4.99 Å². The topological polar surface area (TPSA) is 91.3 Å². The van der Waals surface area contributed by atoms with Crippen molar-refractivity contribution in [2.24, 2.45) is 10.7 Å². The minimum Gasteiger partial charge on any atom is -0.862 e. The highest BCUT2D eigenvalue weighted by Gasteiger charge is 2.22. The van der Waals surface area contributed by atoms with Crippen LogP contribution in [0.5, 0.6) is 0 Å². The Hall–Kier alpha value is -2.21. The number of benzene rings is 1.